The molecular formula is C26H46S. The van der Waals surface area contributed by atoms with Crippen molar-refractivity contribution in [3.05, 3.63) is 46.0 Å². The fourth-order valence-corrected chi connectivity index (χ4v) is 2.82. The maximum absolute atomic E-state index is 4.02. The van der Waals surface area contributed by atoms with E-state index in [4.69, 9.17) is 0 Å². The molecule has 156 valence electrons. The molecule has 0 saturated carbocycles. The number of benzene rings is 1. The zero-order valence-electron chi connectivity index (χ0n) is 20.0. The number of thioether (sulfide) groups is 1. The third kappa shape index (κ3) is 11.5. The summed E-state index contributed by atoms with van der Waals surface area (Å²) in [5.41, 5.74) is 8.59. The molecule has 0 unspecified atom stereocenters. The lowest BCUT2D eigenvalue weighted by molar-refractivity contribution is 0.626. The van der Waals surface area contributed by atoms with Crippen molar-refractivity contribution in [2.75, 3.05) is 12.5 Å². The molecule has 0 radical (unpaired) electrons. The monoisotopic (exact) mass is 390 g/mol. The van der Waals surface area contributed by atoms with Crippen molar-refractivity contribution >= 4 is 23.9 Å². The fraction of sp³-hybridized carbons (Fsp3) is 0.615. The molecule has 0 spiro atoms. The van der Waals surface area contributed by atoms with E-state index >= 15 is 0 Å². The van der Waals surface area contributed by atoms with Gasteiger partial charge in [-0.2, -0.15) is 11.8 Å². The summed E-state index contributed by atoms with van der Waals surface area (Å²) in [6.45, 7) is 21.2. The molecule has 0 bridgehead atoms. The minimum absolute atomic E-state index is 0.884. The maximum Gasteiger partial charge on any atom is -0.0152 e. The highest BCUT2D eigenvalue weighted by Crippen LogP contribution is 2.31. The summed E-state index contributed by atoms with van der Waals surface area (Å²) in [7, 11) is 0. The first kappa shape index (κ1) is 28.3. The third-order valence-electron chi connectivity index (χ3n) is 4.40. The second-order valence-corrected chi connectivity index (χ2v) is 8.32. The minimum Gasteiger partial charge on any atom is -0.169 e. The van der Waals surface area contributed by atoms with E-state index in [0.717, 1.165) is 5.92 Å². The van der Waals surface area contributed by atoms with Crippen LogP contribution in [0.5, 0.6) is 0 Å². The summed E-state index contributed by atoms with van der Waals surface area (Å²) < 4.78 is 0. The zero-order valence-corrected chi connectivity index (χ0v) is 20.8. The van der Waals surface area contributed by atoms with Gasteiger partial charge in [0.1, 0.15) is 0 Å². The van der Waals surface area contributed by atoms with Crippen LogP contribution in [0.4, 0.5) is 0 Å². The van der Waals surface area contributed by atoms with Gasteiger partial charge in [-0.15, -0.1) is 0 Å². The lowest BCUT2D eigenvalue weighted by Crippen LogP contribution is -2.07. The van der Waals surface area contributed by atoms with Gasteiger partial charge in [0, 0.05) is 0 Å². The molecule has 0 saturated heterocycles. The zero-order chi connectivity index (χ0) is 21.4. The summed E-state index contributed by atoms with van der Waals surface area (Å²) in [6, 6.07) is 2.39. The Morgan fingerprint density at radius 1 is 1.11 bits per heavy atom. The van der Waals surface area contributed by atoms with Crippen molar-refractivity contribution in [3.63, 3.8) is 0 Å². The lowest BCUT2D eigenvalue weighted by atomic mass is 9.83. The van der Waals surface area contributed by atoms with Gasteiger partial charge in [-0.05, 0) is 92.7 Å². The van der Waals surface area contributed by atoms with Crippen molar-refractivity contribution in [3.8, 4) is 0 Å². The summed E-state index contributed by atoms with van der Waals surface area (Å²) in [4.78, 5) is 0. The van der Waals surface area contributed by atoms with Crippen molar-refractivity contribution in [2.24, 2.45) is 5.92 Å². The summed E-state index contributed by atoms with van der Waals surface area (Å²) in [6.07, 6.45) is 14.9. The van der Waals surface area contributed by atoms with Gasteiger partial charge in [0.15, 0.2) is 0 Å². The molecule has 0 aliphatic heterocycles. The maximum atomic E-state index is 4.02. The van der Waals surface area contributed by atoms with Gasteiger partial charge in [0.25, 0.3) is 0 Å². The van der Waals surface area contributed by atoms with Crippen LogP contribution < -0.4 is 0 Å². The molecule has 0 amide bonds. The van der Waals surface area contributed by atoms with Crippen LogP contribution in [-0.2, 0) is 12.8 Å². The molecule has 1 aromatic rings. The van der Waals surface area contributed by atoms with Crippen LogP contribution in [0, 0.1) is 12.8 Å². The molecule has 1 heteroatoms. The predicted octanol–water partition coefficient (Wildman–Crippen LogP) is 9.00. The quantitative estimate of drug-likeness (QED) is 0.496. The Balaban J connectivity index is 0. The molecule has 0 heterocycles. The van der Waals surface area contributed by atoms with Crippen LogP contribution in [0.2, 0.25) is 0 Å². The van der Waals surface area contributed by atoms with E-state index in [0.29, 0.717) is 0 Å². The first-order valence-corrected chi connectivity index (χ1v) is 12.3. The molecular weight excluding hydrogens is 344 g/mol. The fourth-order valence-electron chi connectivity index (χ4n) is 2.82. The molecule has 0 nitrogen and oxygen atoms in total. The SMILES string of the molecule is C=Cc1c(C=C(C)C)c(C)cc2c1CCCC2.CC.CCC(C)C.CSC. The van der Waals surface area contributed by atoms with Crippen LogP contribution in [0.3, 0.4) is 0 Å². The van der Waals surface area contributed by atoms with Gasteiger partial charge in [0.05, 0.1) is 0 Å². The minimum atomic E-state index is 0.884. The molecule has 27 heavy (non-hydrogen) atoms. The van der Waals surface area contributed by atoms with E-state index in [2.05, 4.69) is 60.3 Å². The van der Waals surface area contributed by atoms with Gasteiger partial charge in [-0.1, -0.05) is 71.4 Å². The van der Waals surface area contributed by atoms with Crippen LogP contribution in [0.25, 0.3) is 12.2 Å². The van der Waals surface area contributed by atoms with E-state index in [1.807, 2.05) is 32.4 Å². The molecule has 0 fully saturated rings. The van der Waals surface area contributed by atoms with Crippen LogP contribution >= 0.6 is 11.8 Å². The highest BCUT2D eigenvalue weighted by atomic mass is 32.2. The number of allylic oxidation sites excluding steroid dienone is 1. The first-order valence-electron chi connectivity index (χ1n) is 10.6. The average Bonchev–Trinajstić information content (AvgIpc) is 2.65. The van der Waals surface area contributed by atoms with Gasteiger partial charge in [-0.3, -0.25) is 0 Å². The van der Waals surface area contributed by atoms with Crippen molar-refractivity contribution in [1.82, 2.24) is 0 Å². The van der Waals surface area contributed by atoms with Gasteiger partial charge < -0.3 is 0 Å². The Kier molecular flexibility index (Phi) is 18.0. The Labute approximate surface area is 175 Å². The van der Waals surface area contributed by atoms with Gasteiger partial charge in [0.2, 0.25) is 0 Å². The van der Waals surface area contributed by atoms with Crippen molar-refractivity contribution in [2.45, 2.75) is 87.5 Å². The predicted molar refractivity (Wildman–Crippen MR) is 133 cm³/mol. The van der Waals surface area contributed by atoms with E-state index < -0.39 is 0 Å². The molecule has 1 aliphatic rings. The number of rotatable bonds is 3. The molecule has 0 aromatic heterocycles. The Morgan fingerprint density at radius 2 is 1.59 bits per heavy atom. The Bertz CT molecular complexity index is 546. The second kappa shape index (κ2) is 17.2. The lowest BCUT2D eigenvalue weighted by Gasteiger charge is -2.21. The van der Waals surface area contributed by atoms with E-state index in [-0.39, 0.29) is 0 Å². The van der Waals surface area contributed by atoms with Gasteiger partial charge >= 0.3 is 0 Å². The summed E-state index contributed by atoms with van der Waals surface area (Å²) in [5, 5.41) is 0. The second-order valence-electron chi connectivity index (χ2n) is 7.50. The molecule has 0 N–H and O–H groups in total. The van der Waals surface area contributed by atoms with Gasteiger partial charge in [-0.25, -0.2) is 0 Å². The number of fused-ring (bicyclic) bond motifs is 1. The topological polar surface area (TPSA) is 0 Å². The molecule has 1 aromatic carbocycles. The third-order valence-corrected chi connectivity index (χ3v) is 4.40. The largest absolute Gasteiger partial charge is 0.169 e. The standard InChI is InChI=1S/C17H22.C5H12.C2H6S.C2H6/c1-5-15-16-9-7-6-8-14(16)11-13(4)17(15)10-12(2)3;1-4-5(2)3;1-3-2;1-2/h5,10-11H,1,6-9H2,2-4H3;5H,4H2,1-3H3;1-2H3;1-2H3. The van der Waals surface area contributed by atoms with Crippen molar-refractivity contribution in [1.29, 1.82) is 0 Å². The first-order chi connectivity index (χ1) is 12.8. The average molecular weight is 391 g/mol. The Hall–Kier alpha value is -0.950. The van der Waals surface area contributed by atoms with Crippen LogP contribution in [0.15, 0.2) is 18.2 Å². The number of hydrogen-bond acceptors (Lipinski definition) is 1. The summed E-state index contributed by atoms with van der Waals surface area (Å²) in [5.74, 6) is 0.884. The summed E-state index contributed by atoms with van der Waals surface area (Å²) >= 11 is 1.75. The normalized spacial score (nSPS) is 11.5. The van der Waals surface area contributed by atoms with E-state index in [1.165, 1.54) is 54.4 Å². The van der Waals surface area contributed by atoms with E-state index in [1.54, 1.807) is 22.9 Å². The molecule has 2 rings (SSSR count). The molecule has 0 atom stereocenters. The highest BCUT2D eigenvalue weighted by Gasteiger charge is 2.15. The number of hydrogen-bond donors (Lipinski definition) is 0. The molecule has 1 aliphatic carbocycles. The highest BCUT2D eigenvalue weighted by molar-refractivity contribution is 7.97. The smallest absolute Gasteiger partial charge is 0.0152 e. The Morgan fingerprint density at radius 3 is 2.00 bits per heavy atom. The van der Waals surface area contributed by atoms with E-state index in [9.17, 15) is 0 Å². The number of aryl methyl sites for hydroxylation is 2. The van der Waals surface area contributed by atoms with Crippen LogP contribution in [-0.4, -0.2) is 12.5 Å². The van der Waals surface area contributed by atoms with Crippen LogP contribution in [0.1, 0.15) is 95.5 Å². The van der Waals surface area contributed by atoms with Crippen molar-refractivity contribution < 1.29 is 0 Å².